The Morgan fingerprint density at radius 1 is 1.50 bits per heavy atom. The molecule has 0 bridgehead atoms. The molecule has 0 saturated carbocycles. The monoisotopic (exact) mass is 227 g/mol. The Balaban J connectivity index is 2.67. The van der Waals surface area contributed by atoms with Crippen LogP contribution in [0.15, 0.2) is 0 Å². The van der Waals surface area contributed by atoms with Crippen molar-refractivity contribution in [2.45, 2.75) is 26.7 Å². The number of carbonyl (C=O) groups is 2. The number of carbonyl (C=O) groups excluding carboxylic acids is 2. The third kappa shape index (κ3) is 2.35. The van der Waals surface area contributed by atoms with E-state index in [0.717, 1.165) is 0 Å². The van der Waals surface area contributed by atoms with E-state index in [9.17, 15) is 9.59 Å². The zero-order valence-corrected chi connectivity index (χ0v) is 10.0. The van der Waals surface area contributed by atoms with Crippen molar-refractivity contribution in [2.75, 3.05) is 19.6 Å². The van der Waals surface area contributed by atoms with Crippen molar-refractivity contribution in [3.8, 4) is 0 Å². The number of rotatable bonds is 4. The fraction of sp³-hybridized carbons (Fsp3) is 0.818. The number of nitrogens with two attached hydrogens (primary N) is 2. The molecule has 2 amide bonds. The van der Waals surface area contributed by atoms with Crippen molar-refractivity contribution >= 4 is 11.8 Å². The van der Waals surface area contributed by atoms with Crippen molar-refractivity contribution in [1.29, 1.82) is 0 Å². The minimum atomic E-state index is -0.507. The second kappa shape index (κ2) is 4.82. The highest BCUT2D eigenvalue weighted by atomic mass is 16.2. The highest BCUT2D eigenvalue weighted by Crippen LogP contribution is 2.26. The molecule has 5 heteroatoms. The average Bonchev–Trinajstić information content (AvgIpc) is 2.76. The summed E-state index contributed by atoms with van der Waals surface area (Å²) in [6.07, 6.45) is 1.38. The molecule has 0 radical (unpaired) electrons. The van der Waals surface area contributed by atoms with E-state index in [1.807, 2.05) is 13.8 Å². The summed E-state index contributed by atoms with van der Waals surface area (Å²) in [4.78, 5) is 24.9. The third-order valence-corrected chi connectivity index (χ3v) is 3.63. The van der Waals surface area contributed by atoms with Crippen molar-refractivity contribution in [2.24, 2.45) is 22.8 Å². The molecule has 0 aromatic rings. The lowest BCUT2D eigenvalue weighted by molar-refractivity contribution is -0.140. The van der Waals surface area contributed by atoms with Crippen LogP contribution < -0.4 is 11.5 Å². The van der Waals surface area contributed by atoms with E-state index in [0.29, 0.717) is 32.5 Å². The van der Waals surface area contributed by atoms with E-state index in [2.05, 4.69) is 0 Å². The molecule has 2 atom stereocenters. The van der Waals surface area contributed by atoms with Gasteiger partial charge in [0.15, 0.2) is 0 Å². The number of amides is 2. The molecule has 1 saturated heterocycles. The van der Waals surface area contributed by atoms with Gasteiger partial charge < -0.3 is 16.4 Å². The first-order valence-corrected chi connectivity index (χ1v) is 5.73. The fourth-order valence-corrected chi connectivity index (χ4v) is 1.94. The van der Waals surface area contributed by atoms with Gasteiger partial charge in [-0.05, 0) is 19.8 Å². The van der Waals surface area contributed by atoms with Crippen LogP contribution in [0, 0.1) is 11.3 Å². The molecule has 0 aliphatic carbocycles. The Labute approximate surface area is 96.1 Å². The number of hydrogen-bond acceptors (Lipinski definition) is 3. The van der Waals surface area contributed by atoms with E-state index < -0.39 is 5.41 Å². The van der Waals surface area contributed by atoms with Crippen LogP contribution in [0.4, 0.5) is 0 Å². The molecule has 92 valence electrons. The summed E-state index contributed by atoms with van der Waals surface area (Å²) >= 11 is 0. The molecular formula is C11H21N3O2. The van der Waals surface area contributed by atoms with Crippen molar-refractivity contribution in [3.63, 3.8) is 0 Å². The van der Waals surface area contributed by atoms with Gasteiger partial charge in [-0.15, -0.1) is 0 Å². The van der Waals surface area contributed by atoms with Crippen LogP contribution in [0.2, 0.25) is 0 Å². The highest BCUT2D eigenvalue weighted by Gasteiger charge is 2.38. The lowest BCUT2D eigenvalue weighted by atomic mass is 9.86. The van der Waals surface area contributed by atoms with E-state index in [1.54, 1.807) is 4.90 Å². The summed E-state index contributed by atoms with van der Waals surface area (Å²) in [6, 6.07) is 0. The van der Waals surface area contributed by atoms with Crippen molar-refractivity contribution in [1.82, 2.24) is 4.90 Å². The third-order valence-electron chi connectivity index (χ3n) is 3.63. The molecular weight excluding hydrogens is 206 g/mol. The van der Waals surface area contributed by atoms with Gasteiger partial charge in [0.25, 0.3) is 0 Å². The summed E-state index contributed by atoms with van der Waals surface area (Å²) in [5.74, 6) is -0.467. The Morgan fingerprint density at radius 3 is 2.50 bits per heavy atom. The quantitative estimate of drug-likeness (QED) is 0.690. The normalized spacial score (nSPS) is 24.2. The van der Waals surface area contributed by atoms with E-state index in [1.165, 1.54) is 0 Å². The van der Waals surface area contributed by atoms with Crippen LogP contribution in [0.5, 0.6) is 0 Å². The molecule has 0 aromatic heterocycles. The first kappa shape index (κ1) is 13.0. The van der Waals surface area contributed by atoms with E-state index in [4.69, 9.17) is 11.5 Å². The van der Waals surface area contributed by atoms with Gasteiger partial charge in [0.05, 0.1) is 11.3 Å². The molecule has 0 aromatic carbocycles. The Bertz CT molecular complexity index is 287. The molecule has 5 nitrogen and oxygen atoms in total. The van der Waals surface area contributed by atoms with Crippen LogP contribution in [-0.4, -0.2) is 36.3 Å². The van der Waals surface area contributed by atoms with Gasteiger partial charge in [-0.2, -0.15) is 0 Å². The summed E-state index contributed by atoms with van der Waals surface area (Å²) < 4.78 is 0. The maximum absolute atomic E-state index is 12.2. The second-order valence-corrected chi connectivity index (χ2v) is 4.76. The van der Waals surface area contributed by atoms with Crippen LogP contribution in [-0.2, 0) is 9.59 Å². The van der Waals surface area contributed by atoms with Crippen LogP contribution in [0.1, 0.15) is 26.7 Å². The predicted molar refractivity (Wildman–Crippen MR) is 61.3 cm³/mol. The molecule has 4 N–H and O–H groups in total. The van der Waals surface area contributed by atoms with Gasteiger partial charge in [0.1, 0.15) is 0 Å². The Morgan fingerprint density at radius 2 is 2.12 bits per heavy atom. The Hall–Kier alpha value is -1.10. The van der Waals surface area contributed by atoms with Crippen LogP contribution in [0.25, 0.3) is 0 Å². The number of hydrogen-bond donors (Lipinski definition) is 2. The first-order valence-electron chi connectivity index (χ1n) is 5.73. The topological polar surface area (TPSA) is 89.4 Å². The first-order chi connectivity index (χ1) is 7.44. The summed E-state index contributed by atoms with van der Waals surface area (Å²) in [5, 5.41) is 0. The minimum Gasteiger partial charge on any atom is -0.369 e. The Kier molecular flexibility index (Phi) is 3.91. The van der Waals surface area contributed by atoms with Crippen LogP contribution >= 0.6 is 0 Å². The summed E-state index contributed by atoms with van der Waals surface area (Å²) in [7, 11) is 0. The number of primary amides is 1. The van der Waals surface area contributed by atoms with Gasteiger partial charge >= 0.3 is 0 Å². The molecule has 0 spiro atoms. The van der Waals surface area contributed by atoms with Crippen molar-refractivity contribution in [3.05, 3.63) is 0 Å². The SMILES string of the molecule is CCC(C)(CN)C(=O)N1CCC(C(N)=O)C1. The molecule has 1 fully saturated rings. The van der Waals surface area contributed by atoms with Crippen molar-refractivity contribution < 1.29 is 9.59 Å². The van der Waals surface area contributed by atoms with Gasteiger partial charge in [0.2, 0.25) is 11.8 Å². The maximum atomic E-state index is 12.2. The minimum absolute atomic E-state index is 0.0428. The highest BCUT2D eigenvalue weighted by molar-refractivity contribution is 5.84. The predicted octanol–water partition coefficient (Wildman–Crippen LogP) is -0.305. The van der Waals surface area contributed by atoms with Gasteiger partial charge in [-0.1, -0.05) is 6.92 Å². The molecule has 1 aliphatic heterocycles. The van der Waals surface area contributed by atoms with Gasteiger partial charge in [0, 0.05) is 19.6 Å². The van der Waals surface area contributed by atoms with Gasteiger partial charge in [-0.3, -0.25) is 9.59 Å². The van der Waals surface area contributed by atoms with E-state index in [-0.39, 0.29) is 17.7 Å². The molecule has 1 aliphatic rings. The number of likely N-dealkylation sites (tertiary alicyclic amines) is 1. The summed E-state index contributed by atoms with van der Waals surface area (Å²) in [6.45, 7) is 5.21. The largest absolute Gasteiger partial charge is 0.369 e. The molecule has 2 unspecified atom stereocenters. The van der Waals surface area contributed by atoms with Gasteiger partial charge in [-0.25, -0.2) is 0 Å². The lowest BCUT2D eigenvalue weighted by Gasteiger charge is -2.30. The molecule has 1 rings (SSSR count). The van der Waals surface area contributed by atoms with Crippen LogP contribution in [0.3, 0.4) is 0 Å². The number of nitrogens with zero attached hydrogens (tertiary/aromatic N) is 1. The van der Waals surface area contributed by atoms with E-state index >= 15 is 0 Å². The maximum Gasteiger partial charge on any atom is 0.229 e. The zero-order chi connectivity index (χ0) is 12.3. The zero-order valence-electron chi connectivity index (χ0n) is 10.0. The second-order valence-electron chi connectivity index (χ2n) is 4.76. The smallest absolute Gasteiger partial charge is 0.229 e. The summed E-state index contributed by atoms with van der Waals surface area (Å²) in [5.41, 5.74) is 10.4. The average molecular weight is 227 g/mol. The molecule has 1 heterocycles. The standard InChI is InChI=1S/C11H21N3O2/c1-3-11(2,7-12)10(16)14-5-4-8(6-14)9(13)15/h8H,3-7,12H2,1-2H3,(H2,13,15). The molecule has 16 heavy (non-hydrogen) atoms. The lowest BCUT2D eigenvalue weighted by Crippen LogP contribution is -2.45. The fourth-order valence-electron chi connectivity index (χ4n) is 1.94.